The Morgan fingerprint density at radius 2 is 1.89 bits per heavy atom. The molecule has 0 saturated heterocycles. The van der Waals surface area contributed by atoms with E-state index < -0.39 is 5.82 Å². The number of halogens is 1. The Bertz CT molecular complexity index is 599. The fraction of sp³-hybridized carbons (Fsp3) is 0.188. The topological polar surface area (TPSA) is 33.0 Å². The zero-order valence-corrected chi connectivity index (χ0v) is 10.7. The molecule has 3 heteroatoms. The molecule has 0 unspecified atom stereocenters. The van der Waals surface area contributed by atoms with Crippen LogP contribution < -0.4 is 4.74 Å². The summed E-state index contributed by atoms with van der Waals surface area (Å²) >= 11 is 0. The summed E-state index contributed by atoms with van der Waals surface area (Å²) in [5, 5.41) is 8.66. The van der Waals surface area contributed by atoms with E-state index in [1.807, 2.05) is 30.3 Å². The number of hydrogen-bond acceptors (Lipinski definition) is 2. The number of aryl methyl sites for hydroxylation is 1. The minimum atomic E-state index is -0.413. The maximum atomic E-state index is 13.6. The molecule has 0 radical (unpaired) electrons. The third kappa shape index (κ3) is 3.32. The molecule has 0 saturated carbocycles. The van der Waals surface area contributed by atoms with Gasteiger partial charge in [-0.2, -0.15) is 5.26 Å². The number of nitriles is 1. The average molecular weight is 255 g/mol. The first kappa shape index (κ1) is 13.1. The molecule has 2 aromatic carbocycles. The molecular weight excluding hydrogens is 241 g/mol. The van der Waals surface area contributed by atoms with E-state index in [1.165, 1.54) is 11.6 Å². The maximum absolute atomic E-state index is 13.6. The van der Waals surface area contributed by atoms with Crippen molar-refractivity contribution < 1.29 is 9.13 Å². The van der Waals surface area contributed by atoms with E-state index in [9.17, 15) is 4.39 Å². The second kappa shape index (κ2) is 6.01. The predicted octanol–water partition coefficient (Wildman–Crippen LogP) is 3.84. The first-order valence-corrected chi connectivity index (χ1v) is 6.13. The van der Waals surface area contributed by atoms with Gasteiger partial charge >= 0.3 is 0 Å². The molecule has 0 spiro atoms. The van der Waals surface area contributed by atoms with E-state index in [2.05, 4.69) is 6.92 Å². The fourth-order valence-electron chi connectivity index (χ4n) is 1.72. The van der Waals surface area contributed by atoms with Crippen LogP contribution in [0.5, 0.6) is 5.75 Å². The molecule has 2 rings (SSSR count). The highest BCUT2D eigenvalue weighted by Crippen LogP contribution is 2.16. The van der Waals surface area contributed by atoms with Crippen LogP contribution in [0.25, 0.3) is 0 Å². The van der Waals surface area contributed by atoms with Crippen molar-refractivity contribution in [2.75, 3.05) is 0 Å². The fourth-order valence-corrected chi connectivity index (χ4v) is 1.72. The molecule has 0 amide bonds. The van der Waals surface area contributed by atoms with Gasteiger partial charge < -0.3 is 4.74 Å². The summed E-state index contributed by atoms with van der Waals surface area (Å²) in [4.78, 5) is 0. The van der Waals surface area contributed by atoms with Gasteiger partial charge in [0.1, 0.15) is 18.2 Å². The van der Waals surface area contributed by atoms with Gasteiger partial charge in [0.15, 0.2) is 0 Å². The Morgan fingerprint density at radius 1 is 1.16 bits per heavy atom. The first-order chi connectivity index (χ1) is 9.22. The van der Waals surface area contributed by atoms with Gasteiger partial charge in [0, 0.05) is 5.56 Å². The van der Waals surface area contributed by atoms with Crippen LogP contribution in [0.1, 0.15) is 23.6 Å². The summed E-state index contributed by atoms with van der Waals surface area (Å²) < 4.78 is 19.2. The zero-order valence-electron chi connectivity index (χ0n) is 10.7. The normalized spacial score (nSPS) is 9.95. The minimum absolute atomic E-state index is 0.156. The summed E-state index contributed by atoms with van der Waals surface area (Å²) in [6.45, 7) is 2.24. The molecule has 2 nitrogen and oxygen atoms in total. The number of ether oxygens (including phenoxy) is 1. The van der Waals surface area contributed by atoms with Crippen molar-refractivity contribution in [2.24, 2.45) is 0 Å². The third-order valence-electron chi connectivity index (χ3n) is 2.91. The van der Waals surface area contributed by atoms with Gasteiger partial charge in [-0.15, -0.1) is 0 Å². The molecule has 0 N–H and O–H groups in total. The Morgan fingerprint density at radius 3 is 2.47 bits per heavy atom. The number of hydrogen-bond donors (Lipinski definition) is 0. The van der Waals surface area contributed by atoms with Crippen LogP contribution in [0.3, 0.4) is 0 Å². The van der Waals surface area contributed by atoms with Crippen molar-refractivity contribution in [1.29, 1.82) is 5.26 Å². The highest BCUT2D eigenvalue weighted by atomic mass is 19.1. The number of nitrogens with zero attached hydrogens (tertiary/aromatic N) is 1. The molecule has 0 fully saturated rings. The lowest BCUT2D eigenvalue weighted by atomic mass is 10.1. The SMILES string of the molecule is CCc1ccc(OCc2ccc(C#N)cc2F)cc1. The van der Waals surface area contributed by atoms with Crippen molar-refractivity contribution in [3.05, 3.63) is 65.0 Å². The summed E-state index contributed by atoms with van der Waals surface area (Å²) in [6, 6.07) is 14.0. The van der Waals surface area contributed by atoms with Gasteiger partial charge in [-0.3, -0.25) is 0 Å². The molecule has 0 aliphatic heterocycles. The van der Waals surface area contributed by atoms with E-state index in [4.69, 9.17) is 10.00 Å². The van der Waals surface area contributed by atoms with Crippen molar-refractivity contribution in [3.63, 3.8) is 0 Å². The molecule has 2 aromatic rings. The van der Waals surface area contributed by atoms with Gasteiger partial charge in [0.25, 0.3) is 0 Å². The average Bonchev–Trinajstić information content (AvgIpc) is 2.46. The largest absolute Gasteiger partial charge is 0.489 e. The Kier molecular flexibility index (Phi) is 4.15. The second-order valence-electron chi connectivity index (χ2n) is 4.20. The standard InChI is InChI=1S/C16H14FNO/c1-2-12-4-7-15(8-5-12)19-11-14-6-3-13(10-18)9-16(14)17/h3-9H,2,11H2,1H3. The van der Waals surface area contributed by atoms with E-state index in [0.29, 0.717) is 16.9 Å². The van der Waals surface area contributed by atoms with Crippen LogP contribution in [0.15, 0.2) is 42.5 Å². The van der Waals surface area contributed by atoms with Crippen molar-refractivity contribution >= 4 is 0 Å². The lowest BCUT2D eigenvalue weighted by Crippen LogP contribution is -1.99. The zero-order chi connectivity index (χ0) is 13.7. The van der Waals surface area contributed by atoms with Gasteiger partial charge in [-0.25, -0.2) is 4.39 Å². The molecule has 0 bridgehead atoms. The number of benzene rings is 2. The van der Waals surface area contributed by atoms with Gasteiger partial charge in [0.2, 0.25) is 0 Å². The molecule has 0 aliphatic rings. The van der Waals surface area contributed by atoms with Gasteiger partial charge in [0.05, 0.1) is 11.6 Å². The highest BCUT2D eigenvalue weighted by Gasteiger charge is 2.04. The van der Waals surface area contributed by atoms with E-state index in [0.717, 1.165) is 6.42 Å². The van der Waals surface area contributed by atoms with Crippen molar-refractivity contribution in [2.45, 2.75) is 20.0 Å². The lowest BCUT2D eigenvalue weighted by molar-refractivity contribution is 0.300. The van der Waals surface area contributed by atoms with Gasteiger partial charge in [-0.05, 0) is 36.2 Å². The predicted molar refractivity (Wildman–Crippen MR) is 71.3 cm³/mol. The smallest absolute Gasteiger partial charge is 0.131 e. The van der Waals surface area contributed by atoms with Crippen LogP contribution in [-0.4, -0.2) is 0 Å². The minimum Gasteiger partial charge on any atom is -0.489 e. The molecule has 0 aliphatic carbocycles. The molecule has 0 heterocycles. The molecule has 0 atom stereocenters. The molecule has 0 aromatic heterocycles. The van der Waals surface area contributed by atoms with Crippen LogP contribution in [0.4, 0.5) is 4.39 Å². The summed E-state index contributed by atoms with van der Waals surface area (Å²) in [5.74, 6) is 0.296. The maximum Gasteiger partial charge on any atom is 0.131 e. The van der Waals surface area contributed by atoms with Crippen molar-refractivity contribution in [1.82, 2.24) is 0 Å². The van der Waals surface area contributed by atoms with Crippen molar-refractivity contribution in [3.8, 4) is 11.8 Å². The highest BCUT2D eigenvalue weighted by molar-refractivity contribution is 5.33. The van der Waals surface area contributed by atoms with E-state index >= 15 is 0 Å². The van der Waals surface area contributed by atoms with Crippen LogP contribution in [-0.2, 0) is 13.0 Å². The van der Waals surface area contributed by atoms with Crippen LogP contribution in [0.2, 0.25) is 0 Å². The molecule has 19 heavy (non-hydrogen) atoms. The summed E-state index contributed by atoms with van der Waals surface area (Å²) in [5.41, 5.74) is 1.99. The van der Waals surface area contributed by atoms with Gasteiger partial charge in [-0.1, -0.05) is 25.1 Å². The first-order valence-electron chi connectivity index (χ1n) is 6.13. The van der Waals surface area contributed by atoms with E-state index in [1.54, 1.807) is 12.1 Å². The Hall–Kier alpha value is -2.34. The summed E-state index contributed by atoms with van der Waals surface area (Å²) in [7, 11) is 0. The quantitative estimate of drug-likeness (QED) is 0.831. The number of rotatable bonds is 4. The Balaban J connectivity index is 2.04. The van der Waals surface area contributed by atoms with Crippen LogP contribution in [0, 0.1) is 17.1 Å². The third-order valence-corrected chi connectivity index (χ3v) is 2.91. The monoisotopic (exact) mass is 255 g/mol. The molecule has 96 valence electrons. The second-order valence-corrected chi connectivity index (χ2v) is 4.20. The van der Waals surface area contributed by atoms with Crippen LogP contribution >= 0.6 is 0 Å². The molecular formula is C16H14FNO. The lowest BCUT2D eigenvalue weighted by Gasteiger charge is -2.08. The van der Waals surface area contributed by atoms with E-state index in [-0.39, 0.29) is 6.61 Å². The summed E-state index contributed by atoms with van der Waals surface area (Å²) in [6.07, 6.45) is 0.977. The Labute approximate surface area is 112 Å².